The minimum Gasteiger partial charge on any atom is -0.362 e. The van der Waals surface area contributed by atoms with Gasteiger partial charge in [0.2, 0.25) is 0 Å². The minimum absolute atomic E-state index is 0.0189. The largest absolute Gasteiger partial charge is 0.362 e. The Bertz CT molecular complexity index is 4700. The Hall–Kier alpha value is -8.26. The van der Waals surface area contributed by atoms with Crippen molar-refractivity contribution in [1.82, 2.24) is 29.9 Å². The summed E-state index contributed by atoms with van der Waals surface area (Å²) in [5.74, 6) is -0.305. The second-order valence-corrected chi connectivity index (χ2v) is 27.3. The summed E-state index contributed by atoms with van der Waals surface area (Å²) in [7, 11) is 0. The van der Waals surface area contributed by atoms with Crippen LogP contribution in [0, 0.1) is 48.5 Å². The van der Waals surface area contributed by atoms with Gasteiger partial charge in [-0.15, -0.1) is 45.3 Å². The lowest BCUT2D eigenvalue weighted by molar-refractivity contribution is 0.0979. The van der Waals surface area contributed by atoms with E-state index in [1.54, 1.807) is 18.3 Å². The maximum Gasteiger partial charge on any atom is 0.165 e. The van der Waals surface area contributed by atoms with E-state index in [0.717, 1.165) is 90.6 Å². The second-order valence-electron chi connectivity index (χ2n) is 22.9. The van der Waals surface area contributed by atoms with Gasteiger partial charge in [0.25, 0.3) is 0 Å². The van der Waals surface area contributed by atoms with Crippen molar-refractivity contribution in [3.05, 3.63) is 279 Å². The Morgan fingerprint density at radius 1 is 0.381 bits per heavy atom. The average molecular weight is 1170 g/mol. The summed E-state index contributed by atoms with van der Waals surface area (Å²) in [5, 5.41) is 4.87. The van der Waals surface area contributed by atoms with Crippen molar-refractivity contribution in [3.63, 3.8) is 0 Å². The van der Waals surface area contributed by atoms with Crippen LogP contribution in [0.2, 0.25) is 0 Å². The van der Waals surface area contributed by atoms with Crippen molar-refractivity contribution in [2.45, 2.75) is 91.9 Å². The van der Waals surface area contributed by atoms with Crippen molar-refractivity contribution >= 4 is 97.3 Å². The van der Waals surface area contributed by atoms with E-state index in [1.165, 1.54) is 71.0 Å². The van der Waals surface area contributed by atoms with Crippen LogP contribution >= 0.6 is 45.3 Å². The summed E-state index contributed by atoms with van der Waals surface area (Å²) in [6, 6.07) is 57.1. The molecule has 0 aliphatic rings. The molecule has 0 aliphatic heterocycles. The van der Waals surface area contributed by atoms with Gasteiger partial charge in [-0.2, -0.15) is 0 Å². The van der Waals surface area contributed by atoms with Gasteiger partial charge in [-0.3, -0.25) is 9.59 Å². The summed E-state index contributed by atoms with van der Waals surface area (Å²) in [6.07, 6.45) is 0.954. The highest BCUT2D eigenvalue weighted by atomic mass is 32.1. The van der Waals surface area contributed by atoms with E-state index in [4.69, 9.17) is 0 Å². The van der Waals surface area contributed by atoms with Crippen LogP contribution in [0.25, 0.3) is 40.3 Å². The van der Waals surface area contributed by atoms with Gasteiger partial charge in [-0.05, 0) is 191 Å². The molecule has 14 aromatic rings. The molecule has 4 unspecified atom stereocenters. The van der Waals surface area contributed by atoms with E-state index in [0.29, 0.717) is 12.8 Å². The number of carbonyl (C=O) groups is 2. The number of nitrogens with one attached hydrogen (secondary N) is 6. The fourth-order valence-corrected chi connectivity index (χ4v) is 18.3. The molecular weight excluding hydrogens is 1110 g/mol. The predicted molar refractivity (Wildman–Crippen MR) is 352 cm³/mol. The number of aryl methyl sites for hydroxylation is 4. The summed E-state index contributed by atoms with van der Waals surface area (Å²) in [4.78, 5) is 56.2. The molecule has 0 amide bonds. The molecule has 84 heavy (non-hydrogen) atoms. The molecule has 0 spiro atoms. The number of carbonyl (C=O) groups excluding carboxylic acids is 2. The van der Waals surface area contributed by atoms with Crippen LogP contribution in [0.1, 0.15) is 168 Å². The van der Waals surface area contributed by atoms with Gasteiger partial charge in [-0.25, -0.2) is 0 Å². The summed E-state index contributed by atoms with van der Waals surface area (Å²) in [6.45, 7) is 16.4. The van der Waals surface area contributed by atoms with Crippen molar-refractivity contribution in [1.29, 1.82) is 0 Å². The van der Waals surface area contributed by atoms with E-state index in [-0.39, 0.29) is 35.2 Å². The van der Waals surface area contributed by atoms with Crippen molar-refractivity contribution < 1.29 is 9.59 Å². The van der Waals surface area contributed by atoms with Gasteiger partial charge in [0, 0.05) is 124 Å². The molecule has 0 saturated carbocycles. The van der Waals surface area contributed by atoms with Crippen LogP contribution < -0.4 is 0 Å². The lowest BCUT2D eigenvalue weighted by atomic mass is 9.92. The number of thiophene rings is 4. The van der Waals surface area contributed by atoms with Gasteiger partial charge >= 0.3 is 0 Å². The van der Waals surface area contributed by atoms with Crippen LogP contribution in [0.4, 0.5) is 0 Å². The first-order valence-electron chi connectivity index (χ1n) is 28.8. The van der Waals surface area contributed by atoms with Gasteiger partial charge in [0.1, 0.15) is 0 Å². The zero-order valence-corrected chi connectivity index (χ0v) is 51.5. The first kappa shape index (κ1) is 53.7. The molecule has 0 aliphatic carbocycles. The number of benzene rings is 4. The summed E-state index contributed by atoms with van der Waals surface area (Å²) < 4.78 is 4.97. The third-order valence-electron chi connectivity index (χ3n) is 17.5. The van der Waals surface area contributed by atoms with Crippen LogP contribution in [0.5, 0.6) is 0 Å². The molecule has 14 rings (SSSR count). The number of ketones is 2. The fourth-order valence-electron chi connectivity index (χ4n) is 13.5. The number of H-pyrrole nitrogens is 6. The van der Waals surface area contributed by atoms with Gasteiger partial charge < -0.3 is 29.9 Å². The molecule has 6 N–H and O–H groups in total. The molecule has 0 radical (unpaired) electrons. The number of aromatic amines is 6. The number of hydrogen-bond donors (Lipinski definition) is 6. The van der Waals surface area contributed by atoms with Crippen molar-refractivity contribution in [2.24, 2.45) is 0 Å². The highest BCUT2D eigenvalue weighted by Gasteiger charge is 2.33. The van der Waals surface area contributed by atoms with Crippen molar-refractivity contribution in [2.75, 3.05) is 0 Å². The number of fused-ring (bicyclic) bond motifs is 4. The fraction of sp³-hybridized carbons (Fsp3) is 0.194. The Labute approximate surface area is 504 Å². The lowest BCUT2D eigenvalue weighted by Gasteiger charge is -2.18. The SMILES string of the molecule is CC(=O)c1c(C)[nH]c(C(c2ccc(C(c3cc4ccccc4s3)c3[nH]c(C)c(CCC(=O)c4c(C)[nH]c(C(c5ccc(C(c6ccc(C)[nH]6)c6cc7ccccc7s6)[nH]5)c5cc6ccccc6s5)c4C)c3C)[nH]2)c2cc3ccccc3s2)c1C. The van der Waals surface area contributed by atoms with Crippen LogP contribution in [-0.2, 0) is 6.42 Å². The van der Waals surface area contributed by atoms with Crippen LogP contribution in [0.3, 0.4) is 0 Å². The lowest BCUT2D eigenvalue weighted by Crippen LogP contribution is -2.08. The average Bonchev–Trinajstić information content (AvgIpc) is 2.56. The molecule has 4 aromatic carbocycles. The smallest absolute Gasteiger partial charge is 0.165 e. The molecule has 12 heteroatoms. The van der Waals surface area contributed by atoms with E-state index in [9.17, 15) is 4.79 Å². The molecule has 4 atom stereocenters. The third-order valence-corrected chi connectivity index (χ3v) is 22.2. The first-order valence-corrected chi connectivity index (χ1v) is 32.1. The Kier molecular flexibility index (Phi) is 13.7. The topological polar surface area (TPSA) is 129 Å². The maximum absolute atomic E-state index is 15.1. The number of Topliss-reactive ketones (excluding diaryl/α,β-unsaturated/α-hetero) is 2. The number of hydrogen-bond acceptors (Lipinski definition) is 6. The Morgan fingerprint density at radius 2 is 0.726 bits per heavy atom. The molecule has 0 saturated heterocycles. The molecule has 0 fully saturated rings. The molecule has 10 aromatic heterocycles. The van der Waals surface area contributed by atoms with Gasteiger partial charge in [0.15, 0.2) is 11.6 Å². The summed E-state index contributed by atoms with van der Waals surface area (Å²) in [5.41, 5.74) is 18.5. The van der Waals surface area contributed by atoms with Gasteiger partial charge in [0.05, 0.1) is 23.7 Å². The van der Waals surface area contributed by atoms with Crippen LogP contribution in [-0.4, -0.2) is 41.5 Å². The van der Waals surface area contributed by atoms with E-state index in [1.807, 2.05) is 40.9 Å². The predicted octanol–water partition coefficient (Wildman–Crippen LogP) is 19.4. The molecule has 418 valence electrons. The second kappa shape index (κ2) is 21.4. The normalized spacial score (nSPS) is 13.5. The third kappa shape index (κ3) is 9.40. The standard InChI is InChI=1S/C72H64N6O2S4/c1-37-25-27-50(73-37)66(60-33-45-17-9-13-21-56(45)81-60)51-28-29-53(77-51)69(63-36-48-20-12-16-24-59(48)84-63)72-40(4)65(43(7)76-72)55(80)32-26-49-38(2)70(74-41(49)5)67(61-34-46-18-10-14-22-57(46)82-61)52-30-31-54(78-52)68(62-35-47-19-11-15-23-58(47)83-62)71-39(3)64(44(8)79)42(6)75-71/h9-25,27-31,33-36,66-69,73-78H,26,32H2,1-8H3. The zero-order chi connectivity index (χ0) is 57.7. The van der Waals surface area contributed by atoms with Crippen molar-refractivity contribution in [3.8, 4) is 0 Å². The summed E-state index contributed by atoms with van der Waals surface area (Å²) >= 11 is 7.28. The first-order chi connectivity index (χ1) is 40.7. The molecule has 0 bridgehead atoms. The monoisotopic (exact) mass is 1170 g/mol. The molecule has 10 heterocycles. The Morgan fingerprint density at radius 3 is 1.12 bits per heavy atom. The van der Waals surface area contributed by atoms with E-state index >= 15 is 4.79 Å². The minimum atomic E-state index is -0.171. The Balaban J connectivity index is 0.804. The molecule has 8 nitrogen and oxygen atoms in total. The molecular formula is C72H64N6O2S4. The maximum atomic E-state index is 15.1. The quantitative estimate of drug-likeness (QED) is 0.0508. The van der Waals surface area contributed by atoms with E-state index < -0.39 is 0 Å². The number of aromatic nitrogens is 6. The highest BCUT2D eigenvalue weighted by Crippen LogP contribution is 2.47. The zero-order valence-electron chi connectivity index (χ0n) is 48.2. The van der Waals surface area contributed by atoms with Crippen LogP contribution in [0.15, 0.2) is 158 Å². The van der Waals surface area contributed by atoms with E-state index in [2.05, 4.69) is 229 Å². The highest BCUT2D eigenvalue weighted by molar-refractivity contribution is 7.20. The van der Waals surface area contributed by atoms with Gasteiger partial charge in [-0.1, -0.05) is 72.8 Å². The number of rotatable bonds is 17.